The highest BCUT2D eigenvalue weighted by Crippen LogP contribution is 2.34. The number of benzene rings is 1. The van der Waals surface area contributed by atoms with Crippen LogP contribution in [-0.2, 0) is 4.79 Å². The zero-order chi connectivity index (χ0) is 14.7. The molecule has 0 radical (unpaired) electrons. The first kappa shape index (κ1) is 14.4. The number of rotatable bonds is 4. The highest BCUT2D eigenvalue weighted by molar-refractivity contribution is 6.01. The Morgan fingerprint density at radius 1 is 1.50 bits per heavy atom. The molecule has 106 valence electrons. The van der Waals surface area contributed by atoms with Crippen LogP contribution >= 0.6 is 0 Å². The minimum atomic E-state index is -0.188. The lowest BCUT2D eigenvalue weighted by Crippen LogP contribution is -2.41. The summed E-state index contributed by atoms with van der Waals surface area (Å²) in [5.74, 6) is 0.558. The quantitative estimate of drug-likeness (QED) is 0.906. The van der Waals surface area contributed by atoms with E-state index in [1.165, 1.54) is 0 Å². The van der Waals surface area contributed by atoms with Crippen molar-refractivity contribution in [2.45, 2.75) is 32.4 Å². The molecule has 1 aromatic rings. The second-order valence-electron chi connectivity index (χ2n) is 5.12. The highest BCUT2D eigenvalue weighted by atomic mass is 16.5. The summed E-state index contributed by atoms with van der Waals surface area (Å²) in [6, 6.07) is 7.42. The molecule has 1 aromatic carbocycles. The van der Waals surface area contributed by atoms with Gasteiger partial charge >= 0.3 is 0 Å². The van der Waals surface area contributed by atoms with Gasteiger partial charge in [0.1, 0.15) is 17.5 Å². The molecule has 1 heterocycles. The van der Waals surface area contributed by atoms with Crippen molar-refractivity contribution in [1.82, 2.24) is 5.32 Å². The summed E-state index contributed by atoms with van der Waals surface area (Å²) in [7, 11) is 1.55. The van der Waals surface area contributed by atoms with Gasteiger partial charge in [0.25, 0.3) is 0 Å². The van der Waals surface area contributed by atoms with E-state index in [4.69, 9.17) is 4.74 Å². The lowest BCUT2D eigenvalue weighted by molar-refractivity contribution is -0.119. The number of anilines is 1. The standard InChI is InChI=1S/C15H19N3O2/c1-10(2)17-12-7-8-18(15(12)19)14-11(9-16)5-4-6-13(14)20-3/h4-6,10,12,17H,7-8H2,1-3H3. The topological polar surface area (TPSA) is 65.4 Å². The van der Waals surface area contributed by atoms with E-state index >= 15 is 0 Å². The Morgan fingerprint density at radius 2 is 2.25 bits per heavy atom. The van der Waals surface area contributed by atoms with Crippen LogP contribution in [0.3, 0.4) is 0 Å². The Labute approximate surface area is 119 Å². The summed E-state index contributed by atoms with van der Waals surface area (Å²) < 4.78 is 5.30. The van der Waals surface area contributed by atoms with Gasteiger partial charge in [-0.25, -0.2) is 0 Å². The fourth-order valence-electron chi connectivity index (χ4n) is 2.51. The first-order chi connectivity index (χ1) is 9.58. The van der Waals surface area contributed by atoms with Crippen LogP contribution in [0.2, 0.25) is 0 Å². The molecule has 0 saturated carbocycles. The zero-order valence-corrected chi connectivity index (χ0v) is 12.0. The van der Waals surface area contributed by atoms with E-state index in [9.17, 15) is 10.1 Å². The van der Waals surface area contributed by atoms with E-state index in [2.05, 4.69) is 11.4 Å². The van der Waals surface area contributed by atoms with Crippen molar-refractivity contribution >= 4 is 11.6 Å². The number of nitrogens with one attached hydrogen (secondary N) is 1. The lowest BCUT2D eigenvalue weighted by Gasteiger charge is -2.21. The molecule has 5 nitrogen and oxygen atoms in total. The third-order valence-electron chi connectivity index (χ3n) is 3.35. The molecular formula is C15H19N3O2. The van der Waals surface area contributed by atoms with Gasteiger partial charge in [0.05, 0.1) is 18.7 Å². The molecule has 2 rings (SSSR count). The first-order valence-electron chi connectivity index (χ1n) is 6.73. The molecule has 20 heavy (non-hydrogen) atoms. The summed E-state index contributed by atoms with van der Waals surface area (Å²) in [4.78, 5) is 14.1. The summed E-state index contributed by atoms with van der Waals surface area (Å²) in [5.41, 5.74) is 1.04. The van der Waals surface area contributed by atoms with Crippen molar-refractivity contribution in [3.05, 3.63) is 23.8 Å². The Hall–Kier alpha value is -2.06. The van der Waals surface area contributed by atoms with Crippen molar-refractivity contribution in [2.75, 3.05) is 18.6 Å². The Balaban J connectivity index is 2.34. The van der Waals surface area contributed by atoms with Crippen LogP contribution in [0.5, 0.6) is 5.75 Å². The first-order valence-corrected chi connectivity index (χ1v) is 6.73. The Kier molecular flexibility index (Phi) is 4.26. The van der Waals surface area contributed by atoms with Gasteiger partial charge in [0.15, 0.2) is 0 Å². The average Bonchev–Trinajstić information content (AvgIpc) is 2.78. The second kappa shape index (κ2) is 5.93. The predicted octanol–water partition coefficient (Wildman–Crippen LogP) is 1.67. The van der Waals surface area contributed by atoms with E-state index in [1.54, 1.807) is 30.2 Å². The number of methoxy groups -OCH3 is 1. The van der Waals surface area contributed by atoms with E-state index in [-0.39, 0.29) is 18.0 Å². The second-order valence-corrected chi connectivity index (χ2v) is 5.12. The van der Waals surface area contributed by atoms with Crippen molar-refractivity contribution in [3.63, 3.8) is 0 Å². The predicted molar refractivity (Wildman–Crippen MR) is 76.7 cm³/mol. The summed E-state index contributed by atoms with van der Waals surface area (Å²) >= 11 is 0. The van der Waals surface area contributed by atoms with Crippen molar-refractivity contribution in [2.24, 2.45) is 0 Å². The molecule has 0 aliphatic carbocycles. The number of nitrogens with zero attached hydrogens (tertiary/aromatic N) is 2. The van der Waals surface area contributed by atoms with Crippen LogP contribution in [0.1, 0.15) is 25.8 Å². The van der Waals surface area contributed by atoms with Crippen molar-refractivity contribution in [1.29, 1.82) is 5.26 Å². The van der Waals surface area contributed by atoms with E-state index in [0.29, 0.717) is 23.5 Å². The Bertz CT molecular complexity index is 549. The number of hydrogen-bond acceptors (Lipinski definition) is 4. The van der Waals surface area contributed by atoms with E-state index in [1.807, 2.05) is 13.8 Å². The van der Waals surface area contributed by atoms with Crippen LogP contribution in [0.4, 0.5) is 5.69 Å². The van der Waals surface area contributed by atoms with Gasteiger partial charge in [-0.05, 0) is 18.6 Å². The van der Waals surface area contributed by atoms with Crippen LogP contribution in [0.15, 0.2) is 18.2 Å². The third-order valence-corrected chi connectivity index (χ3v) is 3.35. The smallest absolute Gasteiger partial charge is 0.244 e. The van der Waals surface area contributed by atoms with Crippen molar-refractivity contribution in [3.8, 4) is 11.8 Å². The van der Waals surface area contributed by atoms with Crippen LogP contribution in [-0.4, -0.2) is 31.6 Å². The number of carbonyl (C=O) groups is 1. The number of para-hydroxylation sites is 1. The summed E-state index contributed by atoms with van der Waals surface area (Å²) in [6.45, 7) is 4.62. The van der Waals surface area contributed by atoms with Gasteiger partial charge in [-0.2, -0.15) is 5.26 Å². The van der Waals surface area contributed by atoms with Gasteiger partial charge in [-0.1, -0.05) is 19.9 Å². The molecule has 1 saturated heterocycles. The number of ether oxygens (including phenoxy) is 1. The van der Waals surface area contributed by atoms with E-state index in [0.717, 1.165) is 6.42 Å². The van der Waals surface area contributed by atoms with Gasteiger partial charge < -0.3 is 15.0 Å². The lowest BCUT2D eigenvalue weighted by atomic mass is 10.1. The molecule has 1 aliphatic rings. The van der Waals surface area contributed by atoms with Gasteiger partial charge in [-0.3, -0.25) is 4.79 Å². The monoisotopic (exact) mass is 273 g/mol. The molecule has 0 bridgehead atoms. The molecular weight excluding hydrogens is 254 g/mol. The zero-order valence-electron chi connectivity index (χ0n) is 12.0. The molecule has 1 amide bonds. The fraction of sp³-hybridized carbons (Fsp3) is 0.467. The molecule has 1 fully saturated rings. The highest BCUT2D eigenvalue weighted by Gasteiger charge is 2.35. The average molecular weight is 273 g/mol. The molecule has 0 spiro atoms. The SMILES string of the molecule is COc1cccc(C#N)c1N1CCC(NC(C)C)C1=O. The number of amides is 1. The molecule has 1 N–H and O–H groups in total. The minimum Gasteiger partial charge on any atom is -0.495 e. The molecule has 1 aliphatic heterocycles. The maximum atomic E-state index is 12.5. The molecule has 1 atom stereocenters. The number of nitriles is 1. The number of carbonyl (C=O) groups excluding carboxylic acids is 1. The van der Waals surface area contributed by atoms with E-state index < -0.39 is 0 Å². The molecule has 1 unspecified atom stereocenters. The van der Waals surface area contributed by atoms with Crippen molar-refractivity contribution < 1.29 is 9.53 Å². The summed E-state index contributed by atoms with van der Waals surface area (Å²) in [6.07, 6.45) is 0.736. The van der Waals surface area contributed by atoms with Gasteiger partial charge in [0.2, 0.25) is 5.91 Å². The van der Waals surface area contributed by atoms with Gasteiger partial charge in [0, 0.05) is 12.6 Å². The normalized spacial score (nSPS) is 18.4. The third kappa shape index (κ3) is 2.61. The fourth-order valence-corrected chi connectivity index (χ4v) is 2.51. The maximum absolute atomic E-state index is 12.5. The summed E-state index contributed by atoms with van der Waals surface area (Å²) in [5, 5.41) is 12.5. The van der Waals surface area contributed by atoms with Crippen LogP contribution in [0, 0.1) is 11.3 Å². The maximum Gasteiger partial charge on any atom is 0.244 e. The Morgan fingerprint density at radius 3 is 2.85 bits per heavy atom. The van der Waals surface area contributed by atoms with Crippen LogP contribution < -0.4 is 15.0 Å². The largest absolute Gasteiger partial charge is 0.495 e. The minimum absolute atomic E-state index is 0.000278. The number of hydrogen-bond donors (Lipinski definition) is 1. The van der Waals surface area contributed by atoms with Gasteiger partial charge in [-0.15, -0.1) is 0 Å². The van der Waals surface area contributed by atoms with Crippen LogP contribution in [0.25, 0.3) is 0 Å². The molecule has 5 heteroatoms. The molecule has 0 aromatic heterocycles.